The molecule has 0 amide bonds. The molecule has 1 heteroatoms. The SMILES string of the molecule is NC1CCC2CCCCC12. The fourth-order valence-corrected chi connectivity index (χ4v) is 2.78. The first-order chi connectivity index (χ1) is 4.88. The molecule has 0 aromatic carbocycles. The molecule has 2 saturated carbocycles. The zero-order valence-corrected chi connectivity index (χ0v) is 6.55. The van der Waals surface area contributed by atoms with Crippen LogP contribution in [0.25, 0.3) is 0 Å². The van der Waals surface area contributed by atoms with Crippen molar-refractivity contribution in [3.63, 3.8) is 0 Å². The highest BCUT2D eigenvalue weighted by Gasteiger charge is 2.34. The monoisotopic (exact) mass is 139 g/mol. The topological polar surface area (TPSA) is 26.0 Å². The third kappa shape index (κ3) is 0.968. The molecule has 0 aliphatic heterocycles. The standard InChI is InChI=1S/C9H17N/c10-9-6-5-7-3-1-2-4-8(7)9/h7-9H,1-6,10H2. The van der Waals surface area contributed by atoms with Crippen LogP contribution in [0.4, 0.5) is 0 Å². The molecule has 10 heavy (non-hydrogen) atoms. The Hall–Kier alpha value is -0.0400. The third-order valence-corrected chi connectivity index (χ3v) is 3.39. The summed E-state index contributed by atoms with van der Waals surface area (Å²) in [4.78, 5) is 0. The molecular formula is C9H17N. The highest BCUT2D eigenvalue weighted by atomic mass is 14.7. The Morgan fingerprint density at radius 1 is 0.900 bits per heavy atom. The first-order valence-electron chi connectivity index (χ1n) is 4.63. The lowest BCUT2D eigenvalue weighted by atomic mass is 9.80. The minimum Gasteiger partial charge on any atom is -0.327 e. The molecular weight excluding hydrogens is 122 g/mol. The molecule has 58 valence electrons. The highest BCUT2D eigenvalue weighted by Crippen LogP contribution is 2.41. The quantitative estimate of drug-likeness (QED) is 0.545. The summed E-state index contributed by atoms with van der Waals surface area (Å²) < 4.78 is 0. The first-order valence-corrected chi connectivity index (χ1v) is 4.63. The van der Waals surface area contributed by atoms with Crippen LogP contribution < -0.4 is 5.73 Å². The van der Waals surface area contributed by atoms with Crippen molar-refractivity contribution in [3.8, 4) is 0 Å². The van der Waals surface area contributed by atoms with E-state index in [-0.39, 0.29) is 0 Å². The summed E-state index contributed by atoms with van der Waals surface area (Å²) in [5.74, 6) is 1.93. The first kappa shape index (κ1) is 6.66. The van der Waals surface area contributed by atoms with E-state index in [9.17, 15) is 0 Å². The summed E-state index contributed by atoms with van der Waals surface area (Å²) in [6.07, 6.45) is 8.52. The highest BCUT2D eigenvalue weighted by molar-refractivity contribution is 4.89. The number of fused-ring (bicyclic) bond motifs is 1. The van der Waals surface area contributed by atoms with Crippen molar-refractivity contribution < 1.29 is 0 Å². The summed E-state index contributed by atoms with van der Waals surface area (Å²) in [5, 5.41) is 0. The van der Waals surface area contributed by atoms with Crippen molar-refractivity contribution in [1.82, 2.24) is 0 Å². The molecule has 0 aromatic rings. The van der Waals surface area contributed by atoms with Gasteiger partial charge in [-0.2, -0.15) is 0 Å². The maximum absolute atomic E-state index is 5.99. The lowest BCUT2D eigenvalue weighted by molar-refractivity contribution is 0.260. The maximum atomic E-state index is 5.99. The second-order valence-corrected chi connectivity index (χ2v) is 3.95. The number of hydrogen-bond acceptors (Lipinski definition) is 1. The van der Waals surface area contributed by atoms with Gasteiger partial charge < -0.3 is 5.73 Å². The Bertz CT molecular complexity index is 120. The number of nitrogens with two attached hydrogens (primary N) is 1. The van der Waals surface area contributed by atoms with E-state index in [4.69, 9.17) is 5.73 Å². The van der Waals surface area contributed by atoms with Gasteiger partial charge in [0.15, 0.2) is 0 Å². The molecule has 2 rings (SSSR count). The Morgan fingerprint density at radius 3 is 2.50 bits per heavy atom. The zero-order valence-electron chi connectivity index (χ0n) is 6.55. The van der Waals surface area contributed by atoms with Crippen molar-refractivity contribution in [2.24, 2.45) is 17.6 Å². The molecule has 2 aliphatic carbocycles. The second-order valence-electron chi connectivity index (χ2n) is 3.95. The minimum absolute atomic E-state index is 0.560. The van der Waals surface area contributed by atoms with Gasteiger partial charge in [-0.25, -0.2) is 0 Å². The van der Waals surface area contributed by atoms with Crippen LogP contribution in [-0.4, -0.2) is 6.04 Å². The molecule has 0 saturated heterocycles. The van der Waals surface area contributed by atoms with Crippen molar-refractivity contribution >= 4 is 0 Å². The molecule has 1 nitrogen and oxygen atoms in total. The molecule has 0 heterocycles. The van der Waals surface area contributed by atoms with Crippen LogP contribution >= 0.6 is 0 Å². The maximum Gasteiger partial charge on any atom is 0.00699 e. The Balaban J connectivity index is 2.01. The van der Waals surface area contributed by atoms with E-state index in [1.807, 2.05) is 0 Å². The Morgan fingerprint density at radius 2 is 1.70 bits per heavy atom. The third-order valence-electron chi connectivity index (χ3n) is 3.39. The fraction of sp³-hybridized carbons (Fsp3) is 1.00. The predicted octanol–water partition coefficient (Wildman–Crippen LogP) is 1.91. The smallest absolute Gasteiger partial charge is 0.00699 e. The average Bonchev–Trinajstić information content (AvgIpc) is 2.34. The van der Waals surface area contributed by atoms with Crippen LogP contribution in [0.15, 0.2) is 0 Å². The molecule has 0 radical (unpaired) electrons. The van der Waals surface area contributed by atoms with E-state index in [0.717, 1.165) is 11.8 Å². The van der Waals surface area contributed by atoms with Crippen molar-refractivity contribution in [1.29, 1.82) is 0 Å². The second kappa shape index (κ2) is 2.54. The van der Waals surface area contributed by atoms with Gasteiger partial charge in [-0.1, -0.05) is 19.3 Å². The van der Waals surface area contributed by atoms with Crippen molar-refractivity contribution in [2.45, 2.75) is 44.6 Å². The van der Waals surface area contributed by atoms with Crippen molar-refractivity contribution in [2.75, 3.05) is 0 Å². The normalized spacial score (nSPS) is 47.1. The number of hydrogen-bond donors (Lipinski definition) is 1. The van der Waals surface area contributed by atoms with Gasteiger partial charge in [0, 0.05) is 6.04 Å². The van der Waals surface area contributed by atoms with Gasteiger partial charge in [-0.05, 0) is 31.1 Å². The molecule has 3 unspecified atom stereocenters. The van der Waals surface area contributed by atoms with Crippen LogP contribution in [0.2, 0.25) is 0 Å². The molecule has 0 aromatic heterocycles. The number of rotatable bonds is 0. The minimum atomic E-state index is 0.560. The molecule has 3 atom stereocenters. The van der Waals surface area contributed by atoms with Crippen molar-refractivity contribution in [3.05, 3.63) is 0 Å². The molecule has 2 fully saturated rings. The van der Waals surface area contributed by atoms with Gasteiger partial charge >= 0.3 is 0 Å². The van der Waals surface area contributed by atoms with Crippen LogP contribution in [-0.2, 0) is 0 Å². The summed E-state index contributed by atoms with van der Waals surface area (Å²) in [6, 6.07) is 0.560. The van der Waals surface area contributed by atoms with Gasteiger partial charge in [0.25, 0.3) is 0 Å². The van der Waals surface area contributed by atoms with E-state index >= 15 is 0 Å². The Kier molecular flexibility index (Phi) is 1.69. The molecule has 0 spiro atoms. The van der Waals surface area contributed by atoms with Gasteiger partial charge in [0.05, 0.1) is 0 Å². The fourth-order valence-electron chi connectivity index (χ4n) is 2.78. The van der Waals surface area contributed by atoms with E-state index < -0.39 is 0 Å². The van der Waals surface area contributed by atoms with E-state index in [1.54, 1.807) is 0 Å². The van der Waals surface area contributed by atoms with E-state index in [2.05, 4.69) is 0 Å². The summed E-state index contributed by atoms with van der Waals surface area (Å²) in [6.45, 7) is 0. The van der Waals surface area contributed by atoms with Gasteiger partial charge in [-0.15, -0.1) is 0 Å². The summed E-state index contributed by atoms with van der Waals surface area (Å²) in [7, 11) is 0. The predicted molar refractivity (Wildman–Crippen MR) is 42.7 cm³/mol. The lowest BCUT2D eigenvalue weighted by Gasteiger charge is -2.27. The largest absolute Gasteiger partial charge is 0.327 e. The van der Waals surface area contributed by atoms with Crippen LogP contribution in [0, 0.1) is 11.8 Å². The Labute approximate surface area is 63.0 Å². The zero-order chi connectivity index (χ0) is 6.97. The van der Waals surface area contributed by atoms with Gasteiger partial charge in [0.2, 0.25) is 0 Å². The lowest BCUT2D eigenvalue weighted by Crippen LogP contribution is -2.29. The van der Waals surface area contributed by atoms with Crippen LogP contribution in [0.3, 0.4) is 0 Å². The van der Waals surface area contributed by atoms with Crippen LogP contribution in [0.1, 0.15) is 38.5 Å². The van der Waals surface area contributed by atoms with E-state index in [1.165, 1.54) is 38.5 Å². The molecule has 2 aliphatic rings. The van der Waals surface area contributed by atoms with Gasteiger partial charge in [0.1, 0.15) is 0 Å². The average molecular weight is 139 g/mol. The summed E-state index contributed by atoms with van der Waals surface area (Å²) >= 11 is 0. The van der Waals surface area contributed by atoms with E-state index in [0.29, 0.717) is 6.04 Å². The molecule has 0 bridgehead atoms. The molecule has 2 N–H and O–H groups in total. The summed E-state index contributed by atoms with van der Waals surface area (Å²) in [5.41, 5.74) is 5.99. The van der Waals surface area contributed by atoms with Gasteiger partial charge in [-0.3, -0.25) is 0 Å². The van der Waals surface area contributed by atoms with Crippen LogP contribution in [0.5, 0.6) is 0 Å².